The van der Waals surface area contributed by atoms with Crippen molar-refractivity contribution in [3.63, 3.8) is 0 Å². The van der Waals surface area contributed by atoms with Gasteiger partial charge in [0.25, 0.3) is 0 Å². The molecule has 2 heterocycles. The van der Waals surface area contributed by atoms with Crippen LogP contribution in [0.15, 0.2) is 0 Å². The van der Waals surface area contributed by atoms with Crippen LogP contribution < -0.4 is 5.32 Å². The molecule has 0 aromatic rings. The van der Waals surface area contributed by atoms with Crippen molar-refractivity contribution < 1.29 is 14.7 Å². The van der Waals surface area contributed by atoms with Crippen LogP contribution in [0.3, 0.4) is 0 Å². The van der Waals surface area contributed by atoms with E-state index in [1.165, 1.54) is 6.42 Å². The number of carbonyl (C=O) groups is 2. The van der Waals surface area contributed by atoms with Crippen LogP contribution in [0.1, 0.15) is 51.4 Å². The summed E-state index contributed by atoms with van der Waals surface area (Å²) >= 11 is 0. The van der Waals surface area contributed by atoms with Gasteiger partial charge < -0.3 is 15.3 Å². The third kappa shape index (κ3) is 2.43. The minimum atomic E-state index is -0.833. The molecule has 0 bridgehead atoms. The first kappa shape index (κ1) is 13.9. The summed E-state index contributed by atoms with van der Waals surface area (Å²) in [5.41, 5.74) is 0. The largest absolute Gasteiger partial charge is 0.480 e. The van der Waals surface area contributed by atoms with Crippen molar-refractivity contribution in [1.29, 1.82) is 0 Å². The zero-order chi connectivity index (χ0) is 14.1. The van der Waals surface area contributed by atoms with Crippen LogP contribution >= 0.6 is 0 Å². The van der Waals surface area contributed by atoms with Crippen LogP contribution in [0.2, 0.25) is 0 Å². The van der Waals surface area contributed by atoms with E-state index in [4.69, 9.17) is 0 Å². The third-order valence-electron chi connectivity index (χ3n) is 5.27. The lowest BCUT2D eigenvalue weighted by molar-refractivity contribution is -0.159. The highest BCUT2D eigenvalue weighted by Gasteiger charge is 2.45. The van der Waals surface area contributed by atoms with E-state index in [9.17, 15) is 14.7 Å². The summed E-state index contributed by atoms with van der Waals surface area (Å²) < 4.78 is 0. The normalized spacial score (nSPS) is 37.5. The summed E-state index contributed by atoms with van der Waals surface area (Å²) in [6.07, 6.45) is 7.91. The van der Waals surface area contributed by atoms with Crippen molar-refractivity contribution in [1.82, 2.24) is 10.2 Å². The number of nitrogens with zero attached hydrogens (tertiary/aromatic N) is 1. The molecule has 3 fully saturated rings. The number of carbonyl (C=O) groups excluding carboxylic acids is 1. The molecule has 3 unspecified atom stereocenters. The standard InChI is InChI=1S/C15H24N2O3/c18-14(11-5-3-9-16-11)17-12-6-2-1-4-10(12)7-8-13(17)15(19)20/h10-13,16H,1-9H2,(H,19,20)/t10?,11-,12?,13?/m0/s1. The molecule has 112 valence electrons. The summed E-state index contributed by atoms with van der Waals surface area (Å²) in [6, 6.07) is -0.602. The molecule has 3 aliphatic rings. The topological polar surface area (TPSA) is 69.6 Å². The average Bonchev–Trinajstić information content (AvgIpc) is 2.99. The van der Waals surface area contributed by atoms with Crippen LogP contribution in [0.5, 0.6) is 0 Å². The molecule has 20 heavy (non-hydrogen) atoms. The Kier molecular flexibility index (Phi) is 3.96. The summed E-state index contributed by atoms with van der Waals surface area (Å²) in [5, 5.41) is 12.7. The van der Waals surface area contributed by atoms with Crippen molar-refractivity contribution in [3.05, 3.63) is 0 Å². The molecular formula is C15H24N2O3. The van der Waals surface area contributed by atoms with Gasteiger partial charge in [-0.1, -0.05) is 12.8 Å². The van der Waals surface area contributed by atoms with Gasteiger partial charge in [0, 0.05) is 6.04 Å². The van der Waals surface area contributed by atoms with Crippen LogP contribution in [-0.2, 0) is 9.59 Å². The number of nitrogens with one attached hydrogen (secondary N) is 1. The number of hydrogen-bond donors (Lipinski definition) is 2. The number of carboxylic acid groups (broad SMARTS) is 1. The van der Waals surface area contributed by atoms with Crippen LogP contribution in [0.4, 0.5) is 0 Å². The molecule has 0 spiro atoms. The van der Waals surface area contributed by atoms with Gasteiger partial charge in [-0.3, -0.25) is 4.79 Å². The molecular weight excluding hydrogens is 256 g/mol. The number of carboxylic acids is 1. The van der Waals surface area contributed by atoms with Crippen LogP contribution in [0, 0.1) is 5.92 Å². The Morgan fingerprint density at radius 3 is 2.50 bits per heavy atom. The number of hydrogen-bond acceptors (Lipinski definition) is 3. The molecule has 5 heteroatoms. The molecule has 0 aromatic heterocycles. The SMILES string of the molecule is O=C(O)C1CCC2CCCCC2N1C(=O)[C@@H]1CCCN1. The molecule has 3 rings (SSSR count). The molecule has 2 aliphatic heterocycles. The second-order valence-corrected chi connectivity index (χ2v) is 6.44. The van der Waals surface area contributed by atoms with Crippen molar-refractivity contribution in [3.8, 4) is 0 Å². The minimum Gasteiger partial charge on any atom is -0.480 e. The number of likely N-dealkylation sites (tertiary alicyclic amines) is 1. The van der Waals surface area contributed by atoms with E-state index in [1.54, 1.807) is 4.90 Å². The van der Waals surface area contributed by atoms with Crippen molar-refractivity contribution in [2.75, 3.05) is 6.54 Å². The Hall–Kier alpha value is -1.10. The summed E-state index contributed by atoms with van der Waals surface area (Å²) in [4.78, 5) is 26.1. The predicted molar refractivity (Wildman–Crippen MR) is 74.3 cm³/mol. The second kappa shape index (κ2) is 5.72. The highest BCUT2D eigenvalue weighted by atomic mass is 16.4. The van der Waals surface area contributed by atoms with Gasteiger partial charge in [-0.15, -0.1) is 0 Å². The van der Waals surface area contributed by atoms with Gasteiger partial charge in [0.05, 0.1) is 6.04 Å². The van der Waals surface area contributed by atoms with Gasteiger partial charge in [-0.05, 0) is 51.0 Å². The monoisotopic (exact) mass is 280 g/mol. The number of rotatable bonds is 2. The number of amides is 1. The van der Waals surface area contributed by atoms with E-state index in [0.29, 0.717) is 12.3 Å². The Balaban J connectivity index is 1.83. The van der Waals surface area contributed by atoms with E-state index < -0.39 is 12.0 Å². The first-order valence-corrected chi connectivity index (χ1v) is 7.97. The Bertz CT molecular complexity index is 393. The quantitative estimate of drug-likeness (QED) is 0.801. The van der Waals surface area contributed by atoms with Crippen molar-refractivity contribution in [2.24, 2.45) is 5.92 Å². The smallest absolute Gasteiger partial charge is 0.326 e. The summed E-state index contributed by atoms with van der Waals surface area (Å²) in [7, 11) is 0. The fourth-order valence-electron chi connectivity index (χ4n) is 4.27. The third-order valence-corrected chi connectivity index (χ3v) is 5.27. The number of piperidine rings is 1. The van der Waals surface area contributed by atoms with Crippen LogP contribution in [0.25, 0.3) is 0 Å². The van der Waals surface area contributed by atoms with Gasteiger partial charge >= 0.3 is 5.97 Å². The second-order valence-electron chi connectivity index (χ2n) is 6.44. The first-order chi connectivity index (χ1) is 9.68. The highest BCUT2D eigenvalue weighted by Crippen LogP contribution is 2.38. The maximum Gasteiger partial charge on any atom is 0.326 e. The Morgan fingerprint density at radius 1 is 1.00 bits per heavy atom. The molecule has 0 aromatic carbocycles. The van der Waals surface area contributed by atoms with Crippen LogP contribution in [-0.4, -0.2) is 46.6 Å². The molecule has 5 nitrogen and oxygen atoms in total. The lowest BCUT2D eigenvalue weighted by atomic mass is 9.76. The van der Waals surface area contributed by atoms with Gasteiger partial charge in [0.15, 0.2) is 0 Å². The van der Waals surface area contributed by atoms with E-state index in [1.807, 2.05) is 0 Å². The van der Waals surface area contributed by atoms with Gasteiger partial charge in [-0.2, -0.15) is 0 Å². The van der Waals surface area contributed by atoms with E-state index >= 15 is 0 Å². The lowest BCUT2D eigenvalue weighted by Crippen LogP contribution is -2.60. The summed E-state index contributed by atoms with van der Waals surface area (Å²) in [5.74, 6) is -0.281. The maximum atomic E-state index is 12.8. The maximum absolute atomic E-state index is 12.8. The van der Waals surface area contributed by atoms with E-state index in [0.717, 1.165) is 45.1 Å². The molecule has 2 saturated heterocycles. The summed E-state index contributed by atoms with van der Waals surface area (Å²) in [6.45, 7) is 0.871. The number of aliphatic carboxylic acids is 1. The highest BCUT2D eigenvalue weighted by molar-refractivity contribution is 5.87. The molecule has 0 radical (unpaired) electrons. The first-order valence-electron chi connectivity index (χ1n) is 7.97. The zero-order valence-corrected chi connectivity index (χ0v) is 11.9. The lowest BCUT2D eigenvalue weighted by Gasteiger charge is -2.47. The van der Waals surface area contributed by atoms with Gasteiger partial charge in [0.2, 0.25) is 5.91 Å². The van der Waals surface area contributed by atoms with Crippen molar-refractivity contribution in [2.45, 2.75) is 69.5 Å². The minimum absolute atomic E-state index is 0.0338. The van der Waals surface area contributed by atoms with Gasteiger partial charge in [0.1, 0.15) is 6.04 Å². The molecule has 1 aliphatic carbocycles. The van der Waals surface area contributed by atoms with Gasteiger partial charge in [-0.25, -0.2) is 4.79 Å². The molecule has 1 amide bonds. The van der Waals surface area contributed by atoms with Crippen molar-refractivity contribution >= 4 is 11.9 Å². The molecule has 2 N–H and O–H groups in total. The fourth-order valence-corrected chi connectivity index (χ4v) is 4.27. The Labute approximate surface area is 119 Å². The zero-order valence-electron chi connectivity index (χ0n) is 11.9. The number of fused-ring (bicyclic) bond motifs is 1. The predicted octanol–water partition coefficient (Wildman–Crippen LogP) is 1.37. The molecule has 1 saturated carbocycles. The Morgan fingerprint density at radius 2 is 1.80 bits per heavy atom. The molecule has 4 atom stereocenters. The van der Waals surface area contributed by atoms with E-state index in [-0.39, 0.29) is 18.0 Å². The fraction of sp³-hybridized carbons (Fsp3) is 0.867. The average molecular weight is 280 g/mol. The van der Waals surface area contributed by atoms with E-state index in [2.05, 4.69) is 5.32 Å².